The fraction of sp³-hybridized carbons (Fsp3) is 0.458. The minimum Gasteiger partial charge on any atom is -0.370 e. The van der Waals surface area contributed by atoms with E-state index in [1.807, 2.05) is 13.8 Å². The summed E-state index contributed by atoms with van der Waals surface area (Å²) in [6, 6.07) is 6.46. The number of carbonyl (C=O) groups is 3. The number of morpholine rings is 1. The molecule has 3 amide bonds. The zero-order valence-corrected chi connectivity index (χ0v) is 21.8. The van der Waals surface area contributed by atoms with Crippen molar-refractivity contribution in [2.24, 2.45) is 5.92 Å². The smallest absolute Gasteiger partial charge is 0.265 e. The third-order valence-electron chi connectivity index (χ3n) is 5.57. The normalized spacial score (nSPS) is 15.0. The van der Waals surface area contributed by atoms with Crippen molar-refractivity contribution >= 4 is 52.0 Å². The Kier molecular flexibility index (Phi) is 9.77. The van der Waals surface area contributed by atoms with Gasteiger partial charge < -0.3 is 20.3 Å². The molecule has 1 atom stereocenters. The Morgan fingerprint density at radius 1 is 1.25 bits per heavy atom. The van der Waals surface area contributed by atoms with Gasteiger partial charge >= 0.3 is 0 Å². The lowest BCUT2D eigenvalue weighted by molar-refractivity contribution is -0.125. The van der Waals surface area contributed by atoms with E-state index in [0.717, 1.165) is 11.3 Å². The Morgan fingerprint density at radius 3 is 2.61 bits per heavy atom. The van der Waals surface area contributed by atoms with Crippen LogP contribution < -0.4 is 15.5 Å². The van der Waals surface area contributed by atoms with Gasteiger partial charge in [0, 0.05) is 36.6 Å². The molecular weight excluding hydrogens is 514 g/mol. The van der Waals surface area contributed by atoms with Crippen LogP contribution in [0.4, 0.5) is 20.2 Å². The number of anilines is 2. The molecule has 0 unspecified atom stereocenters. The van der Waals surface area contributed by atoms with Gasteiger partial charge in [-0.15, -0.1) is 11.3 Å². The summed E-state index contributed by atoms with van der Waals surface area (Å²) in [7, 11) is 1.74. The second-order valence-electron chi connectivity index (χ2n) is 8.82. The second kappa shape index (κ2) is 12.6. The SMILES string of the molecule is CC(C)CN(C)[C@@H](CNC(=O)c1ccc(Cl)s1)C(=O)Nc1ccc(N2CCOCC2=O)cc1C(F)F. The summed E-state index contributed by atoms with van der Waals surface area (Å²) >= 11 is 7.02. The number of hydrogen-bond acceptors (Lipinski definition) is 6. The van der Waals surface area contributed by atoms with E-state index in [9.17, 15) is 23.2 Å². The third kappa shape index (κ3) is 7.22. The fourth-order valence-corrected chi connectivity index (χ4v) is 4.84. The van der Waals surface area contributed by atoms with E-state index in [-0.39, 0.29) is 43.1 Å². The molecule has 2 aromatic rings. The molecule has 0 spiro atoms. The molecule has 1 aliphatic rings. The van der Waals surface area contributed by atoms with Crippen LogP contribution in [0.3, 0.4) is 0 Å². The molecule has 1 aliphatic heterocycles. The van der Waals surface area contributed by atoms with Crippen molar-refractivity contribution in [2.75, 3.05) is 50.1 Å². The molecule has 2 N–H and O–H groups in total. The second-order valence-corrected chi connectivity index (χ2v) is 10.5. The number of benzene rings is 1. The number of ether oxygens (including phenoxy) is 1. The van der Waals surface area contributed by atoms with Gasteiger partial charge in [0.25, 0.3) is 18.2 Å². The minimum atomic E-state index is -2.88. The molecule has 0 saturated carbocycles. The lowest BCUT2D eigenvalue weighted by Gasteiger charge is -2.29. The largest absolute Gasteiger partial charge is 0.370 e. The Bertz CT molecular complexity index is 1100. The van der Waals surface area contributed by atoms with Gasteiger partial charge in [-0.2, -0.15) is 0 Å². The number of thiophene rings is 1. The van der Waals surface area contributed by atoms with Gasteiger partial charge in [-0.05, 0) is 43.3 Å². The van der Waals surface area contributed by atoms with E-state index in [4.69, 9.17) is 16.3 Å². The average molecular weight is 543 g/mol. The molecule has 0 radical (unpaired) electrons. The quantitative estimate of drug-likeness (QED) is 0.473. The summed E-state index contributed by atoms with van der Waals surface area (Å²) in [6.07, 6.45) is -2.88. The van der Waals surface area contributed by atoms with Crippen LogP contribution in [0.15, 0.2) is 30.3 Å². The average Bonchev–Trinajstić information content (AvgIpc) is 3.25. The Morgan fingerprint density at radius 2 is 2.00 bits per heavy atom. The molecular formula is C24H29ClF2N4O4S. The first-order valence-corrected chi connectivity index (χ1v) is 12.6. The minimum absolute atomic E-state index is 0.0339. The van der Waals surface area contributed by atoms with E-state index in [1.165, 1.54) is 23.1 Å². The number of amides is 3. The Balaban J connectivity index is 1.79. The first-order chi connectivity index (χ1) is 17.1. The van der Waals surface area contributed by atoms with Crippen molar-refractivity contribution in [2.45, 2.75) is 26.3 Å². The molecule has 1 aromatic heterocycles. The highest BCUT2D eigenvalue weighted by molar-refractivity contribution is 7.18. The number of nitrogens with zero attached hydrogens (tertiary/aromatic N) is 2. The van der Waals surface area contributed by atoms with E-state index < -0.39 is 23.9 Å². The lowest BCUT2D eigenvalue weighted by atomic mass is 10.1. The number of nitrogens with one attached hydrogen (secondary N) is 2. The topological polar surface area (TPSA) is 91.0 Å². The highest BCUT2D eigenvalue weighted by Gasteiger charge is 2.28. The van der Waals surface area contributed by atoms with E-state index >= 15 is 0 Å². The number of likely N-dealkylation sites (N-methyl/N-ethyl adjacent to an activating group) is 1. The number of carbonyl (C=O) groups excluding carboxylic acids is 3. The lowest BCUT2D eigenvalue weighted by Crippen LogP contribution is -2.50. The molecule has 3 rings (SSSR count). The summed E-state index contributed by atoms with van der Waals surface area (Å²) in [6.45, 7) is 4.92. The number of alkyl halides is 2. The zero-order valence-electron chi connectivity index (χ0n) is 20.2. The zero-order chi connectivity index (χ0) is 26.4. The summed E-state index contributed by atoms with van der Waals surface area (Å²) in [4.78, 5) is 41.4. The standard InChI is InChI=1S/C24H29ClF2N4O4S/c1-14(2)12-30(3)18(11-28-24(34)19-6-7-20(25)36-19)23(33)29-17-5-4-15(10-16(17)22(26)27)31-8-9-35-13-21(31)32/h4-7,10,14,18,22H,8-9,11-13H2,1-3H3,(H,28,34)(H,29,33)/t18-/m0/s1. The van der Waals surface area contributed by atoms with E-state index in [1.54, 1.807) is 24.1 Å². The fourth-order valence-electron chi connectivity index (χ4n) is 3.88. The van der Waals surface area contributed by atoms with Crippen molar-refractivity contribution < 1.29 is 27.9 Å². The van der Waals surface area contributed by atoms with E-state index in [0.29, 0.717) is 28.1 Å². The maximum Gasteiger partial charge on any atom is 0.265 e. The molecule has 8 nitrogen and oxygen atoms in total. The van der Waals surface area contributed by atoms with Crippen molar-refractivity contribution in [3.63, 3.8) is 0 Å². The summed E-state index contributed by atoms with van der Waals surface area (Å²) in [5.41, 5.74) is -0.145. The Labute approximate surface area is 217 Å². The first-order valence-electron chi connectivity index (χ1n) is 11.4. The van der Waals surface area contributed by atoms with Crippen LogP contribution in [0.2, 0.25) is 4.34 Å². The number of halogens is 3. The van der Waals surface area contributed by atoms with Crippen LogP contribution >= 0.6 is 22.9 Å². The molecule has 36 heavy (non-hydrogen) atoms. The molecule has 0 bridgehead atoms. The molecule has 196 valence electrons. The van der Waals surface area contributed by atoms with Crippen LogP contribution in [0.25, 0.3) is 0 Å². The predicted molar refractivity (Wildman–Crippen MR) is 136 cm³/mol. The third-order valence-corrected chi connectivity index (χ3v) is 6.80. The van der Waals surface area contributed by atoms with Crippen molar-refractivity contribution in [3.05, 3.63) is 45.1 Å². The van der Waals surface area contributed by atoms with Gasteiger partial charge in [-0.3, -0.25) is 19.3 Å². The van der Waals surface area contributed by atoms with Gasteiger partial charge in [-0.1, -0.05) is 25.4 Å². The van der Waals surface area contributed by atoms with Gasteiger partial charge in [0.2, 0.25) is 5.91 Å². The predicted octanol–water partition coefficient (Wildman–Crippen LogP) is 4.03. The van der Waals surface area contributed by atoms with Crippen LogP contribution in [0.5, 0.6) is 0 Å². The van der Waals surface area contributed by atoms with Gasteiger partial charge in [0.15, 0.2) is 0 Å². The van der Waals surface area contributed by atoms with Crippen molar-refractivity contribution in [3.8, 4) is 0 Å². The van der Waals surface area contributed by atoms with Crippen LogP contribution in [0, 0.1) is 5.92 Å². The Hall–Kier alpha value is -2.60. The molecule has 12 heteroatoms. The van der Waals surface area contributed by atoms with Crippen LogP contribution in [0.1, 0.15) is 35.5 Å². The molecule has 1 aromatic carbocycles. The number of hydrogen-bond donors (Lipinski definition) is 2. The molecule has 2 heterocycles. The first kappa shape index (κ1) is 28.0. The highest BCUT2D eigenvalue weighted by Crippen LogP contribution is 2.32. The molecule has 1 saturated heterocycles. The maximum atomic E-state index is 13.9. The highest BCUT2D eigenvalue weighted by atomic mass is 35.5. The summed E-state index contributed by atoms with van der Waals surface area (Å²) < 4.78 is 33.4. The molecule has 0 aliphatic carbocycles. The summed E-state index contributed by atoms with van der Waals surface area (Å²) in [5, 5.41) is 5.33. The molecule has 1 fully saturated rings. The van der Waals surface area contributed by atoms with Crippen LogP contribution in [-0.2, 0) is 14.3 Å². The summed E-state index contributed by atoms with van der Waals surface area (Å²) in [5.74, 6) is -1.02. The van der Waals surface area contributed by atoms with Crippen molar-refractivity contribution in [1.82, 2.24) is 10.2 Å². The van der Waals surface area contributed by atoms with Gasteiger partial charge in [-0.25, -0.2) is 8.78 Å². The number of rotatable bonds is 10. The van der Waals surface area contributed by atoms with Gasteiger partial charge in [0.1, 0.15) is 12.6 Å². The maximum absolute atomic E-state index is 13.9. The monoisotopic (exact) mass is 542 g/mol. The van der Waals surface area contributed by atoms with Gasteiger partial charge in [0.05, 0.1) is 15.8 Å². The van der Waals surface area contributed by atoms with E-state index in [2.05, 4.69) is 10.6 Å². The van der Waals surface area contributed by atoms with Crippen LogP contribution in [-0.4, -0.2) is 68.6 Å². The van der Waals surface area contributed by atoms with Crippen molar-refractivity contribution in [1.29, 1.82) is 0 Å².